The van der Waals surface area contributed by atoms with Crippen LogP contribution in [0.1, 0.15) is 25.7 Å². The second-order valence-corrected chi connectivity index (χ2v) is 6.61. The van der Waals surface area contributed by atoms with Crippen molar-refractivity contribution in [2.75, 3.05) is 47.8 Å². The molecule has 2 heterocycles. The molecule has 4 nitrogen and oxygen atoms in total. The Kier molecular flexibility index (Phi) is 4.32. The molecule has 0 aromatic heterocycles. The lowest BCUT2D eigenvalue weighted by molar-refractivity contribution is 0.0137. The third kappa shape index (κ3) is 2.57. The van der Waals surface area contributed by atoms with Crippen molar-refractivity contribution < 1.29 is 0 Å². The van der Waals surface area contributed by atoms with Gasteiger partial charge in [0.15, 0.2) is 0 Å². The summed E-state index contributed by atoms with van der Waals surface area (Å²) in [7, 11) is 8.84. The van der Waals surface area contributed by atoms with E-state index in [4.69, 9.17) is 5.73 Å². The highest BCUT2D eigenvalue weighted by molar-refractivity contribution is 5.06. The minimum Gasteiger partial charge on any atom is -0.329 e. The van der Waals surface area contributed by atoms with Crippen molar-refractivity contribution in [2.45, 2.75) is 43.3 Å². The number of nitrogens with two attached hydrogens (primary N) is 1. The van der Waals surface area contributed by atoms with Crippen LogP contribution < -0.4 is 5.73 Å². The topological polar surface area (TPSA) is 35.7 Å². The third-order valence-corrected chi connectivity index (χ3v) is 5.29. The fraction of sp³-hybridized carbons (Fsp3) is 1.00. The fourth-order valence-electron chi connectivity index (χ4n) is 3.76. The second kappa shape index (κ2) is 5.45. The van der Waals surface area contributed by atoms with Gasteiger partial charge in [-0.1, -0.05) is 0 Å². The lowest BCUT2D eigenvalue weighted by Crippen LogP contribution is -2.61. The molecule has 2 aliphatic heterocycles. The van der Waals surface area contributed by atoms with Gasteiger partial charge in [0.1, 0.15) is 0 Å². The van der Waals surface area contributed by atoms with Gasteiger partial charge in [0.2, 0.25) is 0 Å². The zero-order valence-corrected chi connectivity index (χ0v) is 12.5. The molecule has 2 unspecified atom stereocenters. The smallest absolute Gasteiger partial charge is 0.0358 e. The van der Waals surface area contributed by atoms with Gasteiger partial charge in [0.05, 0.1) is 0 Å². The third-order valence-electron chi connectivity index (χ3n) is 5.29. The average Bonchev–Trinajstić information content (AvgIpc) is 2.58. The Morgan fingerprint density at radius 3 is 2.11 bits per heavy atom. The maximum atomic E-state index is 6.17. The van der Waals surface area contributed by atoms with Crippen LogP contribution in [0.3, 0.4) is 0 Å². The lowest BCUT2D eigenvalue weighted by Gasteiger charge is -2.50. The van der Waals surface area contributed by atoms with E-state index in [1.165, 1.54) is 25.7 Å². The Hall–Kier alpha value is -0.160. The van der Waals surface area contributed by atoms with Gasteiger partial charge < -0.3 is 15.5 Å². The molecule has 0 spiro atoms. The van der Waals surface area contributed by atoms with E-state index in [1.54, 1.807) is 0 Å². The van der Waals surface area contributed by atoms with Gasteiger partial charge in [0.25, 0.3) is 0 Å². The summed E-state index contributed by atoms with van der Waals surface area (Å²) in [5, 5.41) is 0. The molecule has 18 heavy (non-hydrogen) atoms. The Balaban J connectivity index is 2.03. The summed E-state index contributed by atoms with van der Waals surface area (Å²) in [6.45, 7) is 3.04. The maximum Gasteiger partial charge on any atom is 0.0358 e. The summed E-state index contributed by atoms with van der Waals surface area (Å²) < 4.78 is 0. The van der Waals surface area contributed by atoms with Crippen LogP contribution in [0.2, 0.25) is 0 Å². The van der Waals surface area contributed by atoms with Crippen LogP contribution in [-0.2, 0) is 0 Å². The van der Waals surface area contributed by atoms with Gasteiger partial charge in [-0.25, -0.2) is 0 Å². The standard InChI is InChI=1S/C14H30N4/c1-16(2)7-8-17(3)14(11-15)9-12-5-6-13(10-14)18(12)4/h12-13H,5-11,15H2,1-4H3. The van der Waals surface area contributed by atoms with E-state index in [9.17, 15) is 0 Å². The first-order chi connectivity index (χ1) is 8.48. The molecule has 106 valence electrons. The number of nitrogens with zero attached hydrogens (tertiary/aromatic N) is 3. The molecule has 2 fully saturated rings. The molecule has 0 radical (unpaired) electrons. The molecule has 0 aromatic carbocycles. The molecule has 0 saturated carbocycles. The van der Waals surface area contributed by atoms with Crippen LogP contribution in [0.25, 0.3) is 0 Å². The number of hydrogen-bond donors (Lipinski definition) is 1. The van der Waals surface area contributed by atoms with Crippen molar-refractivity contribution in [3.63, 3.8) is 0 Å². The SMILES string of the molecule is CN(C)CCN(C)C1(CN)CC2CCC(C1)N2C. The van der Waals surface area contributed by atoms with Gasteiger partial charge in [0, 0.05) is 37.3 Å². The van der Waals surface area contributed by atoms with Crippen LogP contribution >= 0.6 is 0 Å². The number of rotatable bonds is 5. The molecule has 0 amide bonds. The number of piperidine rings is 1. The number of likely N-dealkylation sites (N-methyl/N-ethyl adjacent to an activating group) is 2. The molecule has 2 N–H and O–H groups in total. The Bertz CT molecular complexity index is 265. The minimum atomic E-state index is 0.244. The van der Waals surface area contributed by atoms with Gasteiger partial charge in [-0.3, -0.25) is 4.90 Å². The molecule has 4 heteroatoms. The van der Waals surface area contributed by atoms with E-state index < -0.39 is 0 Å². The summed E-state index contributed by atoms with van der Waals surface area (Å²) in [5.41, 5.74) is 6.41. The highest BCUT2D eigenvalue weighted by Gasteiger charge is 2.47. The largest absolute Gasteiger partial charge is 0.329 e. The zero-order valence-electron chi connectivity index (χ0n) is 12.5. The normalized spacial score (nSPS) is 36.8. The summed E-state index contributed by atoms with van der Waals surface area (Å²) in [6.07, 6.45) is 5.23. The second-order valence-electron chi connectivity index (χ2n) is 6.61. The van der Waals surface area contributed by atoms with Gasteiger partial charge >= 0.3 is 0 Å². The van der Waals surface area contributed by atoms with Crippen molar-refractivity contribution >= 4 is 0 Å². The van der Waals surface area contributed by atoms with Crippen molar-refractivity contribution in [1.82, 2.24) is 14.7 Å². The Labute approximate surface area is 112 Å². The molecule has 2 bridgehead atoms. The van der Waals surface area contributed by atoms with Crippen molar-refractivity contribution in [1.29, 1.82) is 0 Å². The molecular formula is C14H30N4. The van der Waals surface area contributed by atoms with E-state index in [-0.39, 0.29) is 5.54 Å². The predicted octanol–water partition coefficient (Wildman–Crippen LogP) is 0.434. The van der Waals surface area contributed by atoms with E-state index in [2.05, 4.69) is 42.9 Å². The van der Waals surface area contributed by atoms with Gasteiger partial charge in [-0.2, -0.15) is 0 Å². The molecular weight excluding hydrogens is 224 g/mol. The molecule has 2 aliphatic rings. The van der Waals surface area contributed by atoms with Gasteiger partial charge in [-0.05, 0) is 53.9 Å². The summed E-state index contributed by atoms with van der Waals surface area (Å²) >= 11 is 0. The van der Waals surface area contributed by atoms with E-state index in [0.717, 1.165) is 31.7 Å². The zero-order chi connectivity index (χ0) is 13.3. The highest BCUT2D eigenvalue weighted by atomic mass is 15.3. The lowest BCUT2D eigenvalue weighted by atomic mass is 9.81. The molecule has 0 aromatic rings. The molecule has 2 rings (SSSR count). The van der Waals surface area contributed by atoms with Crippen LogP contribution in [-0.4, -0.2) is 80.1 Å². The molecule has 0 aliphatic carbocycles. The monoisotopic (exact) mass is 254 g/mol. The van der Waals surface area contributed by atoms with Crippen LogP contribution in [0.4, 0.5) is 0 Å². The van der Waals surface area contributed by atoms with Crippen molar-refractivity contribution in [3.8, 4) is 0 Å². The average molecular weight is 254 g/mol. The van der Waals surface area contributed by atoms with Gasteiger partial charge in [-0.15, -0.1) is 0 Å². The first-order valence-corrected chi connectivity index (χ1v) is 7.26. The maximum absolute atomic E-state index is 6.17. The fourth-order valence-corrected chi connectivity index (χ4v) is 3.76. The Morgan fingerprint density at radius 1 is 1.11 bits per heavy atom. The first-order valence-electron chi connectivity index (χ1n) is 7.26. The highest BCUT2D eigenvalue weighted by Crippen LogP contribution is 2.41. The molecule has 2 saturated heterocycles. The molecule has 2 atom stereocenters. The van der Waals surface area contributed by atoms with E-state index >= 15 is 0 Å². The van der Waals surface area contributed by atoms with E-state index in [1.807, 2.05) is 0 Å². The quantitative estimate of drug-likeness (QED) is 0.772. The van der Waals surface area contributed by atoms with Crippen LogP contribution in [0.5, 0.6) is 0 Å². The first kappa shape index (κ1) is 14.3. The minimum absolute atomic E-state index is 0.244. The number of hydrogen-bond acceptors (Lipinski definition) is 4. The number of fused-ring (bicyclic) bond motifs is 2. The van der Waals surface area contributed by atoms with Crippen LogP contribution in [0.15, 0.2) is 0 Å². The van der Waals surface area contributed by atoms with Crippen molar-refractivity contribution in [2.24, 2.45) is 5.73 Å². The summed E-state index contributed by atoms with van der Waals surface area (Å²) in [5.74, 6) is 0. The predicted molar refractivity (Wildman–Crippen MR) is 76.8 cm³/mol. The summed E-state index contributed by atoms with van der Waals surface area (Å²) in [4.78, 5) is 7.38. The Morgan fingerprint density at radius 2 is 1.67 bits per heavy atom. The van der Waals surface area contributed by atoms with Crippen LogP contribution in [0, 0.1) is 0 Å². The van der Waals surface area contributed by atoms with Crippen molar-refractivity contribution in [3.05, 3.63) is 0 Å². The summed E-state index contributed by atoms with van der Waals surface area (Å²) in [6, 6.07) is 1.52. The van der Waals surface area contributed by atoms with E-state index in [0.29, 0.717) is 0 Å².